The van der Waals surface area contributed by atoms with Gasteiger partial charge in [-0.25, -0.2) is 0 Å². The van der Waals surface area contributed by atoms with Gasteiger partial charge in [0.15, 0.2) is 0 Å². The van der Waals surface area contributed by atoms with Crippen LogP contribution in [0.2, 0.25) is 0 Å². The summed E-state index contributed by atoms with van der Waals surface area (Å²) in [5, 5.41) is 0.438. The van der Waals surface area contributed by atoms with Crippen molar-refractivity contribution < 1.29 is 20.5 Å². The van der Waals surface area contributed by atoms with Crippen molar-refractivity contribution in [1.82, 2.24) is 0 Å². The maximum Gasteiger partial charge on any atom is 0.00506 e. The molecule has 2 heteroatoms. The largest absolute Gasteiger partial charge is 0.0767 e. The standard InChI is InChI=1S/C5H5.CHO.Co/c1-2-4-5-3-1;1-2;/h1-5H;1H;. The monoisotopic (exact) mass is 153 g/mol. The van der Waals surface area contributed by atoms with E-state index in [0.29, 0.717) is 5.22 Å². The van der Waals surface area contributed by atoms with Gasteiger partial charge in [-0.05, 0) is 0 Å². The van der Waals surface area contributed by atoms with Gasteiger partial charge in [0.1, 0.15) is 0 Å². The minimum Gasteiger partial charge on any atom is -0.0767 e. The van der Waals surface area contributed by atoms with E-state index >= 15 is 0 Å². The zero-order valence-corrected chi connectivity index (χ0v) is 5.25. The molecule has 8 heavy (non-hydrogen) atoms. The van der Waals surface area contributed by atoms with E-state index in [1.54, 1.807) is 0 Å². The molecule has 0 aliphatic heterocycles. The molecule has 0 bridgehead atoms. The Bertz CT molecular complexity index is 95.1. The summed E-state index contributed by atoms with van der Waals surface area (Å²) in [6.45, 7) is 0. The van der Waals surface area contributed by atoms with E-state index in [9.17, 15) is 0 Å². The number of allylic oxidation sites excluding steroid dienone is 4. The first-order valence-corrected chi connectivity index (χ1v) is 2.70. The van der Waals surface area contributed by atoms with Gasteiger partial charge in [-0.3, -0.25) is 0 Å². The van der Waals surface area contributed by atoms with Gasteiger partial charge in [0.2, 0.25) is 0 Å². The molecular weight excluding hydrogens is 147 g/mol. The molecule has 1 nitrogen and oxygen atoms in total. The second kappa shape index (κ2) is 6.66. The third kappa shape index (κ3) is 5.66. The Morgan fingerprint density at radius 1 is 1.12 bits per heavy atom. The summed E-state index contributed by atoms with van der Waals surface area (Å²) >= 11 is 3.15. The van der Waals surface area contributed by atoms with Crippen molar-refractivity contribution in [3.8, 4) is 0 Å². The fourth-order valence-corrected chi connectivity index (χ4v) is 0.321. The zero-order chi connectivity index (χ0) is 6.24. The van der Waals surface area contributed by atoms with Crippen LogP contribution in [-0.4, -0.2) is 5.22 Å². The van der Waals surface area contributed by atoms with Crippen LogP contribution in [0.25, 0.3) is 0 Å². The zero-order valence-electron chi connectivity index (χ0n) is 4.21. The Balaban J connectivity index is 0.000000145. The summed E-state index contributed by atoms with van der Waals surface area (Å²) < 4.78 is 0. The van der Waals surface area contributed by atoms with Crippen LogP contribution in [0.1, 0.15) is 0 Å². The van der Waals surface area contributed by atoms with Gasteiger partial charge in [-0.2, -0.15) is 0 Å². The number of rotatable bonds is 0. The van der Waals surface area contributed by atoms with Crippen LogP contribution < -0.4 is 0 Å². The molecule has 45 valence electrons. The average molecular weight is 153 g/mol. The van der Waals surface area contributed by atoms with Crippen molar-refractivity contribution in [3.63, 3.8) is 0 Å². The van der Waals surface area contributed by atoms with Crippen molar-refractivity contribution >= 4 is 5.22 Å². The Hall–Kier alpha value is -0.344. The minimum atomic E-state index is 0.438. The van der Waals surface area contributed by atoms with Crippen LogP contribution in [0.15, 0.2) is 24.3 Å². The maximum absolute atomic E-state index is 8.67. The molecule has 1 aliphatic carbocycles. The van der Waals surface area contributed by atoms with Gasteiger partial charge < -0.3 is 0 Å². The molecule has 0 amide bonds. The first kappa shape index (κ1) is 7.66. The smallest absolute Gasteiger partial charge is 0.00506 e. The molecule has 0 spiro atoms. The normalized spacial score (nSPS) is 12.8. The molecule has 0 saturated carbocycles. The van der Waals surface area contributed by atoms with E-state index in [4.69, 9.17) is 4.79 Å². The summed E-state index contributed by atoms with van der Waals surface area (Å²) in [6, 6.07) is 0. The molecule has 0 aromatic rings. The predicted molar refractivity (Wildman–Crippen MR) is 29.3 cm³/mol. The SMILES string of the molecule is O=[CH][Co].[CH]1C=CC=C1. The summed E-state index contributed by atoms with van der Waals surface area (Å²) in [6.07, 6.45) is 10.0. The molecule has 0 heterocycles. The van der Waals surface area contributed by atoms with Crippen LogP contribution in [-0.2, 0) is 20.5 Å². The maximum atomic E-state index is 8.67. The summed E-state index contributed by atoms with van der Waals surface area (Å²) in [7, 11) is 0. The quantitative estimate of drug-likeness (QED) is 0.475. The first-order valence-electron chi connectivity index (χ1n) is 2.09. The van der Waals surface area contributed by atoms with Crippen LogP contribution in [0.5, 0.6) is 0 Å². The molecule has 0 atom stereocenters. The number of carbonyl (C=O) groups excluding carboxylic acids is 1. The molecule has 0 N–H and O–H groups in total. The molecule has 0 saturated heterocycles. The van der Waals surface area contributed by atoms with Gasteiger partial charge in [-0.1, -0.05) is 24.3 Å². The Kier molecular flexibility index (Phi) is 6.37. The van der Waals surface area contributed by atoms with Crippen LogP contribution >= 0.6 is 0 Å². The van der Waals surface area contributed by atoms with Crippen LogP contribution in [0, 0.1) is 6.42 Å². The topological polar surface area (TPSA) is 17.1 Å². The second-order valence-electron chi connectivity index (χ2n) is 1.04. The Morgan fingerprint density at radius 2 is 1.50 bits per heavy atom. The van der Waals surface area contributed by atoms with Gasteiger partial charge in [0.25, 0.3) is 0 Å². The van der Waals surface area contributed by atoms with Crippen molar-refractivity contribution in [3.05, 3.63) is 30.7 Å². The molecule has 0 aromatic heterocycles. The molecule has 0 aromatic carbocycles. The van der Waals surface area contributed by atoms with E-state index < -0.39 is 0 Å². The second-order valence-corrected chi connectivity index (χ2v) is 1.29. The van der Waals surface area contributed by atoms with E-state index in [1.165, 1.54) is 0 Å². The van der Waals surface area contributed by atoms with Crippen LogP contribution in [0.3, 0.4) is 0 Å². The van der Waals surface area contributed by atoms with Gasteiger partial charge in [0.05, 0.1) is 0 Å². The fourth-order valence-electron chi connectivity index (χ4n) is 0.321. The Morgan fingerprint density at radius 3 is 1.62 bits per heavy atom. The van der Waals surface area contributed by atoms with Gasteiger partial charge in [-0.15, -0.1) is 0 Å². The van der Waals surface area contributed by atoms with Gasteiger partial charge in [0, 0.05) is 6.42 Å². The van der Waals surface area contributed by atoms with Crippen LogP contribution in [0.4, 0.5) is 0 Å². The number of hydrogen-bond donors (Lipinski definition) is 0. The van der Waals surface area contributed by atoms with Crippen molar-refractivity contribution in [2.75, 3.05) is 0 Å². The average Bonchev–Trinajstić information content (AvgIpc) is 2.17. The minimum absolute atomic E-state index is 0.438. The van der Waals surface area contributed by atoms with Crippen molar-refractivity contribution in [2.45, 2.75) is 0 Å². The van der Waals surface area contributed by atoms with Gasteiger partial charge >= 0.3 is 25.8 Å². The Labute approximate surface area is 57.1 Å². The van der Waals surface area contributed by atoms with Crippen molar-refractivity contribution in [2.24, 2.45) is 0 Å². The first-order chi connectivity index (χ1) is 3.91. The molecular formula is C6H6CoO. The van der Waals surface area contributed by atoms with E-state index in [-0.39, 0.29) is 0 Å². The number of hydrogen-bond acceptors (Lipinski definition) is 1. The number of carbonyl (C=O) groups is 1. The third-order valence-corrected chi connectivity index (χ3v) is 0.556. The summed E-state index contributed by atoms with van der Waals surface area (Å²) in [5.74, 6) is 0. The van der Waals surface area contributed by atoms with E-state index in [1.807, 2.05) is 30.7 Å². The molecule has 0 unspecified atom stereocenters. The molecule has 1 aliphatic rings. The van der Waals surface area contributed by atoms with E-state index in [2.05, 4.69) is 15.7 Å². The fraction of sp³-hybridized carbons (Fsp3) is 0. The third-order valence-electron chi connectivity index (χ3n) is 0.556. The predicted octanol–water partition coefficient (Wildman–Crippen LogP) is 1.04. The van der Waals surface area contributed by atoms with E-state index in [0.717, 1.165) is 0 Å². The molecule has 1 radical (unpaired) electrons. The summed E-state index contributed by atoms with van der Waals surface area (Å²) in [5.41, 5.74) is 0. The molecule has 0 fully saturated rings. The van der Waals surface area contributed by atoms with Crippen molar-refractivity contribution in [1.29, 1.82) is 0 Å². The summed E-state index contributed by atoms with van der Waals surface area (Å²) in [4.78, 5) is 8.67. The molecule has 1 rings (SSSR count).